The molecule has 0 radical (unpaired) electrons. The third-order valence-electron chi connectivity index (χ3n) is 3.00. The number of benzene rings is 1. The molecule has 0 amide bonds. The van der Waals surface area contributed by atoms with Crippen LogP contribution in [-0.2, 0) is 6.54 Å². The highest BCUT2D eigenvalue weighted by Gasteiger charge is 2.00. The van der Waals surface area contributed by atoms with Crippen LogP contribution in [0.25, 0.3) is 0 Å². The fourth-order valence-corrected chi connectivity index (χ4v) is 1.64. The molecule has 0 bridgehead atoms. The van der Waals surface area contributed by atoms with Gasteiger partial charge in [0.1, 0.15) is 0 Å². The molecule has 1 rings (SSSR count). The first-order valence-electron chi connectivity index (χ1n) is 5.90. The molecule has 84 valence electrons. The third-order valence-corrected chi connectivity index (χ3v) is 3.00. The lowest BCUT2D eigenvalue weighted by atomic mass is 10.1. The highest BCUT2D eigenvalue weighted by atomic mass is 14.9. The summed E-state index contributed by atoms with van der Waals surface area (Å²) in [6, 6.07) is 6.67. The van der Waals surface area contributed by atoms with E-state index in [1.54, 1.807) is 0 Å². The standard InChI is InChI=1S/C14H23N/c1-5-11(2)9-15-10-14-7-6-12(3)8-13(14)4/h6-8,11,15H,5,9-10H2,1-4H3. The molecule has 0 spiro atoms. The zero-order valence-corrected chi connectivity index (χ0v) is 10.4. The average molecular weight is 205 g/mol. The van der Waals surface area contributed by atoms with Crippen molar-refractivity contribution in [1.29, 1.82) is 0 Å². The van der Waals surface area contributed by atoms with Gasteiger partial charge >= 0.3 is 0 Å². The van der Waals surface area contributed by atoms with Crippen molar-refractivity contribution in [1.82, 2.24) is 5.32 Å². The van der Waals surface area contributed by atoms with Crippen LogP contribution in [0.15, 0.2) is 18.2 Å². The van der Waals surface area contributed by atoms with Gasteiger partial charge < -0.3 is 5.32 Å². The van der Waals surface area contributed by atoms with Crippen LogP contribution < -0.4 is 5.32 Å². The first kappa shape index (κ1) is 12.3. The van der Waals surface area contributed by atoms with Gasteiger partial charge in [0.05, 0.1) is 0 Å². The number of nitrogens with one attached hydrogen (secondary N) is 1. The van der Waals surface area contributed by atoms with Gasteiger partial charge in [0.15, 0.2) is 0 Å². The Balaban J connectivity index is 2.44. The molecule has 1 unspecified atom stereocenters. The molecule has 0 aliphatic rings. The molecule has 1 nitrogen and oxygen atoms in total. The Hall–Kier alpha value is -0.820. The Morgan fingerprint density at radius 2 is 2.00 bits per heavy atom. The van der Waals surface area contributed by atoms with Crippen molar-refractivity contribution in [2.75, 3.05) is 6.54 Å². The summed E-state index contributed by atoms with van der Waals surface area (Å²) in [5.74, 6) is 0.774. The first-order valence-corrected chi connectivity index (χ1v) is 5.90. The average Bonchev–Trinajstić information content (AvgIpc) is 2.21. The van der Waals surface area contributed by atoms with Crippen LogP contribution in [0, 0.1) is 19.8 Å². The summed E-state index contributed by atoms with van der Waals surface area (Å²) in [5, 5.41) is 3.51. The molecule has 0 aliphatic heterocycles. The lowest BCUT2D eigenvalue weighted by molar-refractivity contribution is 0.499. The van der Waals surface area contributed by atoms with Gasteiger partial charge in [-0.05, 0) is 37.4 Å². The van der Waals surface area contributed by atoms with Crippen molar-refractivity contribution in [2.24, 2.45) is 5.92 Å². The van der Waals surface area contributed by atoms with Crippen LogP contribution in [0.5, 0.6) is 0 Å². The van der Waals surface area contributed by atoms with Crippen LogP contribution in [0.4, 0.5) is 0 Å². The van der Waals surface area contributed by atoms with Crippen LogP contribution in [0.2, 0.25) is 0 Å². The molecule has 0 saturated heterocycles. The Bertz CT molecular complexity index is 304. The second-order valence-electron chi connectivity index (χ2n) is 4.57. The summed E-state index contributed by atoms with van der Waals surface area (Å²) in [7, 11) is 0. The van der Waals surface area contributed by atoms with Crippen molar-refractivity contribution < 1.29 is 0 Å². The normalized spacial score (nSPS) is 12.8. The molecule has 1 aromatic rings. The van der Waals surface area contributed by atoms with Crippen LogP contribution >= 0.6 is 0 Å². The van der Waals surface area contributed by atoms with Crippen molar-refractivity contribution in [3.05, 3.63) is 34.9 Å². The highest BCUT2D eigenvalue weighted by Crippen LogP contribution is 2.10. The molecular weight excluding hydrogens is 182 g/mol. The largest absolute Gasteiger partial charge is 0.312 e. The van der Waals surface area contributed by atoms with Gasteiger partial charge in [-0.3, -0.25) is 0 Å². The summed E-state index contributed by atoms with van der Waals surface area (Å²) in [6.07, 6.45) is 1.25. The van der Waals surface area contributed by atoms with E-state index in [-0.39, 0.29) is 0 Å². The lowest BCUT2D eigenvalue weighted by Crippen LogP contribution is -2.20. The van der Waals surface area contributed by atoms with E-state index in [0.29, 0.717) is 0 Å². The summed E-state index contributed by atoms with van der Waals surface area (Å²) in [5.41, 5.74) is 4.16. The minimum Gasteiger partial charge on any atom is -0.312 e. The van der Waals surface area contributed by atoms with E-state index in [4.69, 9.17) is 0 Å². The Morgan fingerprint density at radius 3 is 2.60 bits per heavy atom. The smallest absolute Gasteiger partial charge is 0.0208 e. The Morgan fingerprint density at radius 1 is 1.27 bits per heavy atom. The van der Waals surface area contributed by atoms with E-state index in [1.807, 2.05) is 0 Å². The van der Waals surface area contributed by atoms with Gasteiger partial charge in [0.2, 0.25) is 0 Å². The van der Waals surface area contributed by atoms with E-state index in [9.17, 15) is 0 Å². The quantitative estimate of drug-likeness (QED) is 0.776. The predicted octanol–water partition coefficient (Wildman–Crippen LogP) is 3.44. The molecule has 1 N–H and O–H groups in total. The molecule has 1 heteroatoms. The van der Waals surface area contributed by atoms with Gasteiger partial charge in [0, 0.05) is 6.54 Å². The minimum absolute atomic E-state index is 0.774. The molecular formula is C14H23N. The van der Waals surface area contributed by atoms with E-state index in [0.717, 1.165) is 19.0 Å². The maximum atomic E-state index is 3.51. The highest BCUT2D eigenvalue weighted by molar-refractivity contribution is 5.30. The number of aryl methyl sites for hydroxylation is 2. The van der Waals surface area contributed by atoms with Gasteiger partial charge in [-0.2, -0.15) is 0 Å². The summed E-state index contributed by atoms with van der Waals surface area (Å²) >= 11 is 0. The monoisotopic (exact) mass is 205 g/mol. The number of hydrogen-bond donors (Lipinski definition) is 1. The maximum Gasteiger partial charge on any atom is 0.0208 e. The van der Waals surface area contributed by atoms with Crippen LogP contribution in [0.3, 0.4) is 0 Å². The van der Waals surface area contributed by atoms with E-state index >= 15 is 0 Å². The molecule has 0 aromatic heterocycles. The zero-order valence-electron chi connectivity index (χ0n) is 10.4. The fraction of sp³-hybridized carbons (Fsp3) is 0.571. The van der Waals surface area contributed by atoms with E-state index in [1.165, 1.54) is 23.1 Å². The van der Waals surface area contributed by atoms with Gasteiger partial charge in [-0.15, -0.1) is 0 Å². The van der Waals surface area contributed by atoms with Crippen LogP contribution in [0.1, 0.15) is 37.0 Å². The van der Waals surface area contributed by atoms with Gasteiger partial charge in [-0.25, -0.2) is 0 Å². The zero-order chi connectivity index (χ0) is 11.3. The molecule has 15 heavy (non-hydrogen) atoms. The second kappa shape index (κ2) is 5.92. The third kappa shape index (κ3) is 4.05. The van der Waals surface area contributed by atoms with E-state index < -0.39 is 0 Å². The van der Waals surface area contributed by atoms with Gasteiger partial charge in [-0.1, -0.05) is 44.0 Å². The van der Waals surface area contributed by atoms with Gasteiger partial charge in [0.25, 0.3) is 0 Å². The number of rotatable bonds is 5. The van der Waals surface area contributed by atoms with Crippen molar-refractivity contribution >= 4 is 0 Å². The Kier molecular flexibility index (Phi) is 4.83. The summed E-state index contributed by atoms with van der Waals surface area (Å²) in [6.45, 7) is 11.0. The van der Waals surface area contributed by atoms with Crippen molar-refractivity contribution in [2.45, 2.75) is 40.7 Å². The number of hydrogen-bond acceptors (Lipinski definition) is 1. The fourth-order valence-electron chi connectivity index (χ4n) is 1.64. The minimum atomic E-state index is 0.774. The summed E-state index contributed by atoms with van der Waals surface area (Å²) in [4.78, 5) is 0. The summed E-state index contributed by atoms with van der Waals surface area (Å²) < 4.78 is 0. The second-order valence-corrected chi connectivity index (χ2v) is 4.57. The predicted molar refractivity (Wildman–Crippen MR) is 67.1 cm³/mol. The Labute approximate surface area is 93.9 Å². The molecule has 0 fully saturated rings. The van der Waals surface area contributed by atoms with Crippen LogP contribution in [-0.4, -0.2) is 6.54 Å². The van der Waals surface area contributed by atoms with Crippen molar-refractivity contribution in [3.63, 3.8) is 0 Å². The lowest BCUT2D eigenvalue weighted by Gasteiger charge is -2.11. The SMILES string of the molecule is CCC(C)CNCc1ccc(C)cc1C. The van der Waals surface area contributed by atoms with Crippen molar-refractivity contribution in [3.8, 4) is 0 Å². The molecule has 1 atom stereocenters. The maximum absolute atomic E-state index is 3.51. The molecule has 0 aliphatic carbocycles. The van der Waals surface area contributed by atoms with E-state index in [2.05, 4.69) is 51.2 Å². The molecule has 0 heterocycles. The molecule has 1 aromatic carbocycles. The molecule has 0 saturated carbocycles. The topological polar surface area (TPSA) is 12.0 Å². The first-order chi connectivity index (χ1) is 7.13.